The van der Waals surface area contributed by atoms with Gasteiger partial charge < -0.3 is 10.1 Å². The fraction of sp³-hybridized carbons (Fsp3) is 0.0833. The lowest BCUT2D eigenvalue weighted by Gasteiger charge is -2.13. The molecule has 0 spiro atoms. The molecule has 2 N–H and O–H groups in total. The molecule has 9 heteroatoms. The van der Waals surface area contributed by atoms with E-state index in [1.165, 1.54) is 36.8 Å². The molecule has 0 unspecified atom stereocenters. The second-order valence-electron chi connectivity index (χ2n) is 3.71. The summed E-state index contributed by atoms with van der Waals surface area (Å²) < 4.78 is 40.5. The first-order chi connectivity index (χ1) is 9.94. The molecule has 1 aromatic heterocycles. The number of hydrogen-bond acceptors (Lipinski definition) is 4. The third kappa shape index (κ3) is 4.64. The highest BCUT2D eigenvalue weighted by molar-refractivity contribution is 5.99. The van der Waals surface area contributed by atoms with Gasteiger partial charge >= 0.3 is 12.4 Å². The molecule has 1 aromatic carbocycles. The van der Waals surface area contributed by atoms with Gasteiger partial charge in [0, 0.05) is 12.4 Å². The van der Waals surface area contributed by atoms with Crippen LogP contribution in [0.5, 0.6) is 5.75 Å². The number of ether oxygens (including phenoxy) is 1. The summed E-state index contributed by atoms with van der Waals surface area (Å²) in [5, 5.41) is 4.56. The number of anilines is 2. The zero-order chi connectivity index (χ0) is 15.3. The maximum absolute atomic E-state index is 12.2. The fourth-order valence-corrected chi connectivity index (χ4v) is 1.42. The van der Waals surface area contributed by atoms with Crippen molar-refractivity contribution in [2.45, 2.75) is 6.36 Å². The monoisotopic (exact) mass is 298 g/mol. The summed E-state index contributed by atoms with van der Waals surface area (Å²) in [6.07, 6.45) is -0.789. The Balaban J connectivity index is 2.07. The number of aromatic nitrogens is 2. The van der Waals surface area contributed by atoms with Crippen molar-refractivity contribution in [3.05, 3.63) is 42.9 Å². The van der Waals surface area contributed by atoms with Crippen LogP contribution in [0.25, 0.3) is 0 Å². The number of nitrogens with zero attached hydrogens (tertiary/aromatic N) is 2. The van der Waals surface area contributed by atoms with Gasteiger partial charge in [-0.2, -0.15) is 0 Å². The number of carbonyl (C=O) groups excluding carboxylic acids is 1. The number of amides is 2. The second kappa shape index (κ2) is 6.07. The number of carbonyl (C=O) groups is 1. The molecular weight excluding hydrogens is 289 g/mol. The van der Waals surface area contributed by atoms with Crippen molar-refractivity contribution in [2.75, 3.05) is 10.6 Å². The van der Waals surface area contributed by atoms with Crippen LogP contribution >= 0.6 is 0 Å². The van der Waals surface area contributed by atoms with Crippen LogP contribution in [0.4, 0.5) is 29.5 Å². The van der Waals surface area contributed by atoms with Gasteiger partial charge in [-0.3, -0.25) is 10.3 Å². The molecule has 0 bridgehead atoms. The Morgan fingerprint density at radius 2 is 1.90 bits per heavy atom. The van der Waals surface area contributed by atoms with Crippen LogP contribution in [-0.2, 0) is 0 Å². The lowest BCUT2D eigenvalue weighted by atomic mass is 10.3. The number of nitrogens with one attached hydrogen (secondary N) is 2. The predicted molar refractivity (Wildman–Crippen MR) is 67.8 cm³/mol. The van der Waals surface area contributed by atoms with E-state index in [9.17, 15) is 18.0 Å². The Bertz CT molecular complexity index is 619. The zero-order valence-corrected chi connectivity index (χ0v) is 10.4. The molecule has 0 fully saturated rings. The SMILES string of the molecule is O=C(Nc1cnccn1)Nc1ccccc1OC(F)(F)F. The maximum atomic E-state index is 12.2. The van der Waals surface area contributed by atoms with E-state index in [1.54, 1.807) is 0 Å². The average molecular weight is 298 g/mol. The van der Waals surface area contributed by atoms with Crippen LogP contribution < -0.4 is 15.4 Å². The molecule has 0 saturated heterocycles. The molecule has 2 aromatic rings. The molecule has 0 aliphatic rings. The molecule has 0 atom stereocenters. The first-order valence-electron chi connectivity index (χ1n) is 5.63. The van der Waals surface area contributed by atoms with E-state index in [1.807, 2.05) is 0 Å². The highest BCUT2D eigenvalue weighted by Gasteiger charge is 2.32. The number of rotatable bonds is 3. The van der Waals surface area contributed by atoms with Gasteiger partial charge in [0.2, 0.25) is 0 Å². The predicted octanol–water partition coefficient (Wildman–Crippen LogP) is 3.02. The van der Waals surface area contributed by atoms with Crippen molar-refractivity contribution in [1.29, 1.82) is 0 Å². The number of benzene rings is 1. The lowest BCUT2D eigenvalue weighted by molar-refractivity contribution is -0.274. The van der Waals surface area contributed by atoms with Crippen molar-refractivity contribution in [3.63, 3.8) is 0 Å². The standard InChI is InChI=1S/C12H9F3N4O2/c13-12(14,15)21-9-4-2-1-3-8(9)18-11(20)19-10-7-16-5-6-17-10/h1-7H,(H2,17,18,19,20). The van der Waals surface area contributed by atoms with Gasteiger partial charge in [-0.05, 0) is 12.1 Å². The second-order valence-corrected chi connectivity index (χ2v) is 3.71. The van der Waals surface area contributed by atoms with Crippen molar-refractivity contribution in [1.82, 2.24) is 9.97 Å². The van der Waals surface area contributed by atoms with Crippen LogP contribution in [0.2, 0.25) is 0 Å². The van der Waals surface area contributed by atoms with Crippen molar-refractivity contribution in [3.8, 4) is 5.75 Å². The molecule has 2 rings (SSSR count). The van der Waals surface area contributed by atoms with E-state index in [2.05, 4.69) is 25.3 Å². The topological polar surface area (TPSA) is 76.1 Å². The van der Waals surface area contributed by atoms with Crippen LogP contribution in [0.1, 0.15) is 0 Å². The molecule has 0 radical (unpaired) electrons. The Labute approximate surface area is 117 Å². The van der Waals surface area contributed by atoms with Gasteiger partial charge in [0.1, 0.15) is 0 Å². The van der Waals surface area contributed by atoms with Gasteiger partial charge in [-0.25, -0.2) is 9.78 Å². The molecule has 2 amide bonds. The molecule has 1 heterocycles. The van der Waals surface area contributed by atoms with Gasteiger partial charge in [-0.1, -0.05) is 12.1 Å². The Morgan fingerprint density at radius 3 is 2.57 bits per heavy atom. The third-order valence-electron chi connectivity index (χ3n) is 2.17. The molecule has 6 nitrogen and oxygen atoms in total. The first kappa shape index (κ1) is 14.6. The summed E-state index contributed by atoms with van der Waals surface area (Å²) in [4.78, 5) is 19.2. The summed E-state index contributed by atoms with van der Waals surface area (Å²) >= 11 is 0. The van der Waals surface area contributed by atoms with Crippen LogP contribution in [0.15, 0.2) is 42.9 Å². The number of hydrogen-bond donors (Lipinski definition) is 2. The number of para-hydroxylation sites is 2. The molecule has 0 aliphatic heterocycles. The number of halogens is 3. The summed E-state index contributed by atoms with van der Waals surface area (Å²) in [5.41, 5.74) is -0.129. The normalized spacial score (nSPS) is 10.8. The molecule has 0 aliphatic carbocycles. The van der Waals surface area contributed by atoms with Crippen molar-refractivity contribution in [2.24, 2.45) is 0 Å². The summed E-state index contributed by atoms with van der Waals surface area (Å²) in [7, 11) is 0. The summed E-state index contributed by atoms with van der Waals surface area (Å²) in [6, 6.07) is 4.41. The fourth-order valence-electron chi connectivity index (χ4n) is 1.42. The van der Waals surface area contributed by atoms with E-state index in [-0.39, 0.29) is 11.5 Å². The summed E-state index contributed by atoms with van der Waals surface area (Å²) in [6.45, 7) is 0. The Hall–Kier alpha value is -2.84. The van der Waals surface area contributed by atoms with Crippen molar-refractivity contribution < 1.29 is 22.7 Å². The first-order valence-corrected chi connectivity index (χ1v) is 5.63. The molecule has 21 heavy (non-hydrogen) atoms. The number of urea groups is 1. The van der Waals surface area contributed by atoms with E-state index < -0.39 is 18.1 Å². The molecule has 0 saturated carbocycles. The number of alkyl halides is 3. The van der Waals surface area contributed by atoms with Gasteiger partial charge in [-0.15, -0.1) is 13.2 Å². The highest BCUT2D eigenvalue weighted by Crippen LogP contribution is 2.29. The quantitative estimate of drug-likeness (QED) is 0.913. The van der Waals surface area contributed by atoms with E-state index in [4.69, 9.17) is 0 Å². The maximum Gasteiger partial charge on any atom is 0.573 e. The van der Waals surface area contributed by atoms with Gasteiger partial charge in [0.25, 0.3) is 0 Å². The van der Waals surface area contributed by atoms with Crippen LogP contribution in [-0.4, -0.2) is 22.4 Å². The Morgan fingerprint density at radius 1 is 1.14 bits per heavy atom. The van der Waals surface area contributed by atoms with E-state index >= 15 is 0 Å². The summed E-state index contributed by atoms with van der Waals surface area (Å²) in [5.74, 6) is -0.358. The largest absolute Gasteiger partial charge is 0.573 e. The average Bonchev–Trinajstić information content (AvgIpc) is 2.40. The Kier molecular flexibility index (Phi) is 4.21. The minimum absolute atomic E-state index is 0.129. The minimum Gasteiger partial charge on any atom is -0.404 e. The minimum atomic E-state index is -4.85. The van der Waals surface area contributed by atoms with E-state index in [0.29, 0.717) is 0 Å². The van der Waals surface area contributed by atoms with Gasteiger partial charge in [0.05, 0.1) is 11.9 Å². The molecular formula is C12H9F3N4O2. The molecule has 110 valence electrons. The van der Waals surface area contributed by atoms with Gasteiger partial charge in [0.15, 0.2) is 11.6 Å². The van der Waals surface area contributed by atoms with E-state index in [0.717, 1.165) is 6.07 Å². The van der Waals surface area contributed by atoms with Crippen molar-refractivity contribution >= 4 is 17.5 Å². The third-order valence-corrected chi connectivity index (χ3v) is 2.17. The zero-order valence-electron chi connectivity index (χ0n) is 10.4. The lowest BCUT2D eigenvalue weighted by Crippen LogP contribution is -2.22. The van der Waals surface area contributed by atoms with Crippen LogP contribution in [0, 0.1) is 0 Å². The highest BCUT2D eigenvalue weighted by atomic mass is 19.4. The van der Waals surface area contributed by atoms with Crippen LogP contribution in [0.3, 0.4) is 0 Å². The smallest absolute Gasteiger partial charge is 0.404 e.